The molecule has 1 rings (SSSR count). The first kappa shape index (κ1) is 10.3. The van der Waals surface area contributed by atoms with Gasteiger partial charge >= 0.3 is 0 Å². The van der Waals surface area contributed by atoms with Crippen molar-refractivity contribution in [1.29, 1.82) is 0 Å². The maximum Gasteiger partial charge on any atom is 0.256 e. The lowest BCUT2D eigenvalue weighted by atomic mass is 10.3. The molecule has 0 N–H and O–H groups in total. The smallest absolute Gasteiger partial charge is 0.256 e. The Hall–Kier alpha value is -0.770. The number of rotatable bonds is 3. The second-order valence-electron chi connectivity index (χ2n) is 3.13. The van der Waals surface area contributed by atoms with Gasteiger partial charge in [0.25, 0.3) is 11.8 Å². The van der Waals surface area contributed by atoms with Crippen LogP contribution in [0.15, 0.2) is 11.6 Å². The van der Waals surface area contributed by atoms with Gasteiger partial charge < -0.3 is 0 Å². The van der Waals surface area contributed by atoms with Crippen molar-refractivity contribution >= 4 is 23.6 Å². The van der Waals surface area contributed by atoms with E-state index in [1.807, 2.05) is 13.2 Å². The summed E-state index contributed by atoms with van der Waals surface area (Å²) < 4.78 is 0. The average Bonchev–Trinajstić information content (AvgIpc) is 2.32. The van der Waals surface area contributed by atoms with Crippen molar-refractivity contribution in [2.24, 2.45) is 0 Å². The Morgan fingerprint density at radius 1 is 1.54 bits per heavy atom. The van der Waals surface area contributed by atoms with Gasteiger partial charge in [0.2, 0.25) is 0 Å². The highest BCUT2D eigenvalue weighted by molar-refractivity contribution is 7.99. The summed E-state index contributed by atoms with van der Waals surface area (Å²) in [6, 6.07) is 0. The van der Waals surface area contributed by atoms with E-state index in [1.165, 1.54) is 11.0 Å². The summed E-state index contributed by atoms with van der Waals surface area (Å²) in [6.07, 6.45) is 3.37. The molecule has 0 spiro atoms. The molecule has 0 bridgehead atoms. The molecule has 0 fully saturated rings. The summed E-state index contributed by atoms with van der Waals surface area (Å²) >= 11 is 1.65. The van der Waals surface area contributed by atoms with Crippen LogP contribution < -0.4 is 0 Å². The molecule has 1 aliphatic rings. The van der Waals surface area contributed by atoms with Crippen LogP contribution in [0, 0.1) is 0 Å². The van der Waals surface area contributed by atoms with Gasteiger partial charge in [-0.1, -0.05) is 6.92 Å². The lowest BCUT2D eigenvalue weighted by Gasteiger charge is -2.17. The number of nitrogens with zero attached hydrogens (tertiary/aromatic N) is 1. The summed E-state index contributed by atoms with van der Waals surface area (Å²) in [7, 11) is 0. The quantitative estimate of drug-likeness (QED) is 0.638. The van der Waals surface area contributed by atoms with E-state index < -0.39 is 0 Å². The largest absolute Gasteiger partial charge is 0.274 e. The maximum absolute atomic E-state index is 11.4. The summed E-state index contributed by atoms with van der Waals surface area (Å²) in [6.45, 7) is 4.18. The first-order valence-corrected chi connectivity index (χ1v) is 5.42. The molecule has 1 unspecified atom stereocenters. The monoisotopic (exact) mass is 199 g/mol. The highest BCUT2D eigenvalue weighted by Gasteiger charge is 2.28. The fourth-order valence-electron chi connectivity index (χ4n) is 1.14. The molecule has 13 heavy (non-hydrogen) atoms. The summed E-state index contributed by atoms with van der Waals surface area (Å²) in [4.78, 5) is 24.0. The second-order valence-corrected chi connectivity index (χ2v) is 4.40. The lowest BCUT2D eigenvalue weighted by Crippen LogP contribution is -2.35. The van der Waals surface area contributed by atoms with Crippen molar-refractivity contribution in [3.05, 3.63) is 11.6 Å². The normalized spacial score (nSPS) is 19.3. The Kier molecular flexibility index (Phi) is 3.14. The molecule has 0 aliphatic carbocycles. The molecule has 0 aromatic heterocycles. The Morgan fingerprint density at radius 2 is 2.15 bits per heavy atom. The van der Waals surface area contributed by atoms with Crippen molar-refractivity contribution in [1.82, 2.24) is 4.90 Å². The minimum Gasteiger partial charge on any atom is -0.274 e. The Bertz CT molecular complexity index is 273. The van der Waals surface area contributed by atoms with E-state index >= 15 is 0 Å². The number of carbonyl (C=O) groups excluding carboxylic acids is 2. The third-order valence-corrected chi connectivity index (χ3v) is 2.98. The average molecular weight is 199 g/mol. The zero-order chi connectivity index (χ0) is 10.0. The first-order valence-electron chi connectivity index (χ1n) is 4.13. The molecular weight excluding hydrogens is 186 g/mol. The third kappa shape index (κ3) is 2.12. The highest BCUT2D eigenvalue weighted by Crippen LogP contribution is 2.15. The Balaban J connectivity index is 2.64. The van der Waals surface area contributed by atoms with Gasteiger partial charge in [-0.25, -0.2) is 0 Å². The predicted molar refractivity (Wildman–Crippen MR) is 53.5 cm³/mol. The fourth-order valence-corrected chi connectivity index (χ4v) is 1.44. The molecule has 0 aromatic carbocycles. The maximum atomic E-state index is 11.4. The topological polar surface area (TPSA) is 37.4 Å². The molecule has 72 valence electrons. The van der Waals surface area contributed by atoms with Crippen LogP contribution >= 0.6 is 11.8 Å². The van der Waals surface area contributed by atoms with Crippen molar-refractivity contribution in [2.45, 2.75) is 19.1 Å². The zero-order valence-corrected chi connectivity index (χ0v) is 8.85. The van der Waals surface area contributed by atoms with Crippen LogP contribution in [0.4, 0.5) is 0 Å². The van der Waals surface area contributed by atoms with Crippen LogP contribution in [0.3, 0.4) is 0 Å². The highest BCUT2D eigenvalue weighted by atomic mass is 32.2. The zero-order valence-electron chi connectivity index (χ0n) is 8.03. The predicted octanol–water partition coefficient (Wildman–Crippen LogP) is 1.05. The van der Waals surface area contributed by atoms with E-state index in [-0.39, 0.29) is 11.8 Å². The van der Waals surface area contributed by atoms with Gasteiger partial charge in [-0.05, 0) is 13.2 Å². The van der Waals surface area contributed by atoms with E-state index in [4.69, 9.17) is 0 Å². The molecule has 1 aliphatic heterocycles. The molecular formula is C9H13NO2S. The standard InChI is InChI=1S/C9H13NO2S/c1-6-4-8(11)10(9(6)12)5-7(2)13-3/h4,7H,5H2,1-3H3. The van der Waals surface area contributed by atoms with E-state index in [0.717, 1.165) is 0 Å². The van der Waals surface area contributed by atoms with Crippen molar-refractivity contribution < 1.29 is 9.59 Å². The van der Waals surface area contributed by atoms with Gasteiger partial charge in [0, 0.05) is 23.4 Å². The number of thioether (sulfide) groups is 1. The third-order valence-electron chi connectivity index (χ3n) is 2.03. The summed E-state index contributed by atoms with van der Waals surface area (Å²) in [5.41, 5.74) is 0.540. The molecule has 0 saturated heterocycles. The minimum absolute atomic E-state index is 0.147. The number of imide groups is 1. The van der Waals surface area contributed by atoms with E-state index in [9.17, 15) is 9.59 Å². The van der Waals surface area contributed by atoms with E-state index in [0.29, 0.717) is 17.4 Å². The lowest BCUT2D eigenvalue weighted by molar-refractivity contribution is -0.137. The summed E-state index contributed by atoms with van der Waals surface area (Å²) in [5, 5.41) is 0.298. The van der Waals surface area contributed by atoms with Gasteiger partial charge in [-0.15, -0.1) is 0 Å². The van der Waals surface area contributed by atoms with Crippen molar-refractivity contribution in [3.63, 3.8) is 0 Å². The van der Waals surface area contributed by atoms with Crippen molar-refractivity contribution in [3.8, 4) is 0 Å². The van der Waals surface area contributed by atoms with Crippen LogP contribution in [0.25, 0.3) is 0 Å². The summed E-state index contributed by atoms with van der Waals surface area (Å²) in [5.74, 6) is -0.325. The first-order chi connectivity index (χ1) is 6.06. The molecule has 4 heteroatoms. The second kappa shape index (κ2) is 3.96. The van der Waals surface area contributed by atoms with Crippen molar-refractivity contribution in [2.75, 3.05) is 12.8 Å². The van der Waals surface area contributed by atoms with Crippen LogP contribution in [0.5, 0.6) is 0 Å². The van der Waals surface area contributed by atoms with Crippen LogP contribution in [0.1, 0.15) is 13.8 Å². The van der Waals surface area contributed by atoms with Gasteiger partial charge in [-0.3, -0.25) is 14.5 Å². The number of amides is 2. The molecule has 1 atom stereocenters. The van der Waals surface area contributed by atoms with Gasteiger partial charge in [0.05, 0.1) is 0 Å². The molecule has 2 amide bonds. The Labute approximate surface area is 82.2 Å². The van der Waals surface area contributed by atoms with Crippen LogP contribution in [-0.2, 0) is 9.59 Å². The molecule has 1 heterocycles. The van der Waals surface area contributed by atoms with Crippen LogP contribution in [0.2, 0.25) is 0 Å². The number of carbonyl (C=O) groups is 2. The molecule has 0 radical (unpaired) electrons. The van der Waals surface area contributed by atoms with Gasteiger partial charge in [-0.2, -0.15) is 11.8 Å². The minimum atomic E-state index is -0.177. The van der Waals surface area contributed by atoms with Gasteiger partial charge in [0.15, 0.2) is 0 Å². The van der Waals surface area contributed by atoms with E-state index in [2.05, 4.69) is 0 Å². The van der Waals surface area contributed by atoms with Gasteiger partial charge in [0.1, 0.15) is 0 Å². The SMILES string of the molecule is CSC(C)CN1C(=O)C=C(C)C1=O. The number of hydrogen-bond acceptors (Lipinski definition) is 3. The van der Waals surface area contributed by atoms with E-state index in [1.54, 1.807) is 18.7 Å². The number of hydrogen-bond donors (Lipinski definition) is 0. The fraction of sp³-hybridized carbons (Fsp3) is 0.556. The molecule has 0 aromatic rings. The molecule has 0 saturated carbocycles. The Morgan fingerprint density at radius 3 is 2.54 bits per heavy atom. The van der Waals surface area contributed by atoms with Crippen LogP contribution in [-0.4, -0.2) is 34.8 Å². The molecule has 3 nitrogen and oxygen atoms in total.